The summed E-state index contributed by atoms with van der Waals surface area (Å²) in [5.74, 6) is 0.681. The Kier molecular flexibility index (Phi) is 3.50. The van der Waals surface area contributed by atoms with E-state index in [1.165, 1.54) is 0 Å². The fraction of sp³-hybridized carbons (Fsp3) is 0.500. The largest absolute Gasteiger partial charge is 0.389 e. The number of hydrogen-bond donors (Lipinski definition) is 1. The summed E-state index contributed by atoms with van der Waals surface area (Å²) in [6.45, 7) is 0.716. The van der Waals surface area contributed by atoms with Crippen molar-refractivity contribution in [1.29, 1.82) is 0 Å². The van der Waals surface area contributed by atoms with Crippen LogP contribution in [0.25, 0.3) is 5.65 Å². The minimum atomic E-state index is -0.560. The number of aliphatic hydroxyl groups is 1. The average molecular weight is 237 g/mol. The zero-order chi connectivity index (χ0) is 12.3. The molecule has 2 heterocycles. The highest BCUT2D eigenvalue weighted by atomic mass is 16.5. The second kappa shape index (κ2) is 5.07. The minimum Gasteiger partial charge on any atom is -0.389 e. The zero-order valence-electron chi connectivity index (χ0n) is 9.82. The number of likely N-dealkylation sites (N-methyl/N-ethyl adjacent to an activating group) is 1. The van der Waals surface area contributed by atoms with Gasteiger partial charge in [0, 0.05) is 33.1 Å². The molecule has 2 rings (SSSR count). The number of hydrogen-bond acceptors (Lipinski definition) is 6. The molecule has 0 spiro atoms. The van der Waals surface area contributed by atoms with Crippen LogP contribution in [0, 0.1) is 0 Å². The molecule has 0 aliphatic rings. The summed E-state index contributed by atoms with van der Waals surface area (Å²) >= 11 is 0. The van der Waals surface area contributed by atoms with E-state index in [0.29, 0.717) is 24.6 Å². The van der Waals surface area contributed by atoms with Crippen molar-refractivity contribution < 1.29 is 9.84 Å². The summed E-state index contributed by atoms with van der Waals surface area (Å²) in [6.07, 6.45) is 4.50. The van der Waals surface area contributed by atoms with Crippen LogP contribution in [0.5, 0.6) is 0 Å². The van der Waals surface area contributed by atoms with Crippen LogP contribution in [0.3, 0.4) is 0 Å². The van der Waals surface area contributed by atoms with Crippen LogP contribution in [0.2, 0.25) is 0 Å². The van der Waals surface area contributed by atoms with E-state index in [1.807, 2.05) is 11.9 Å². The Balaban J connectivity index is 2.18. The Hall–Kier alpha value is -1.73. The van der Waals surface area contributed by atoms with Crippen molar-refractivity contribution >= 4 is 11.5 Å². The Morgan fingerprint density at radius 3 is 3.18 bits per heavy atom. The predicted molar refractivity (Wildman–Crippen MR) is 61.9 cm³/mol. The third kappa shape index (κ3) is 2.51. The van der Waals surface area contributed by atoms with Crippen LogP contribution in [0.15, 0.2) is 18.7 Å². The van der Waals surface area contributed by atoms with Gasteiger partial charge in [-0.1, -0.05) is 0 Å². The normalized spacial score (nSPS) is 12.9. The fourth-order valence-corrected chi connectivity index (χ4v) is 1.66. The molecule has 0 aliphatic heterocycles. The van der Waals surface area contributed by atoms with Crippen LogP contribution in [-0.4, -0.2) is 58.1 Å². The smallest absolute Gasteiger partial charge is 0.203 e. The minimum absolute atomic E-state index is 0.292. The van der Waals surface area contributed by atoms with E-state index in [-0.39, 0.29) is 0 Å². The number of aromatic nitrogens is 4. The average Bonchev–Trinajstić information content (AvgIpc) is 2.76. The monoisotopic (exact) mass is 237 g/mol. The van der Waals surface area contributed by atoms with Crippen molar-refractivity contribution in [2.75, 3.05) is 32.2 Å². The molecule has 7 heteroatoms. The second-order valence-electron chi connectivity index (χ2n) is 3.80. The molecule has 0 amide bonds. The first-order valence-corrected chi connectivity index (χ1v) is 5.25. The van der Waals surface area contributed by atoms with Gasteiger partial charge in [0.2, 0.25) is 5.65 Å². The number of anilines is 1. The summed E-state index contributed by atoms with van der Waals surface area (Å²) in [4.78, 5) is 6.07. The first-order chi connectivity index (χ1) is 8.22. The van der Waals surface area contributed by atoms with Gasteiger partial charge in [0.15, 0.2) is 5.82 Å². The Bertz CT molecular complexity index is 486. The maximum Gasteiger partial charge on any atom is 0.203 e. The molecular weight excluding hydrogens is 222 g/mol. The first-order valence-electron chi connectivity index (χ1n) is 5.25. The summed E-state index contributed by atoms with van der Waals surface area (Å²) in [6, 6.07) is 0. The molecule has 1 unspecified atom stereocenters. The first kappa shape index (κ1) is 11.7. The van der Waals surface area contributed by atoms with Gasteiger partial charge in [0.05, 0.1) is 12.7 Å². The summed E-state index contributed by atoms with van der Waals surface area (Å²) in [7, 11) is 3.40. The maximum atomic E-state index is 9.67. The highest BCUT2D eigenvalue weighted by Crippen LogP contribution is 2.14. The quantitative estimate of drug-likeness (QED) is 0.760. The molecule has 0 saturated carbocycles. The topological polar surface area (TPSA) is 75.8 Å². The lowest BCUT2D eigenvalue weighted by molar-refractivity contribution is 0.0694. The number of aliphatic hydroxyl groups excluding tert-OH is 1. The van der Waals surface area contributed by atoms with Gasteiger partial charge >= 0.3 is 0 Å². The van der Waals surface area contributed by atoms with Gasteiger partial charge in [-0.25, -0.2) is 4.98 Å². The molecule has 1 N–H and O–H groups in total. The van der Waals surface area contributed by atoms with E-state index in [0.717, 1.165) is 0 Å². The van der Waals surface area contributed by atoms with Gasteiger partial charge in [-0.05, 0) is 0 Å². The van der Waals surface area contributed by atoms with Crippen molar-refractivity contribution in [3.8, 4) is 0 Å². The SMILES string of the molecule is COCC(O)CN(C)c1nccn2cnnc12. The summed E-state index contributed by atoms with van der Waals surface area (Å²) in [5.41, 5.74) is 0.666. The van der Waals surface area contributed by atoms with Crippen molar-refractivity contribution in [3.05, 3.63) is 18.7 Å². The zero-order valence-corrected chi connectivity index (χ0v) is 9.82. The van der Waals surface area contributed by atoms with Crippen molar-refractivity contribution in [2.24, 2.45) is 0 Å². The standard InChI is InChI=1S/C10H15N5O2/c1-14(5-8(16)6-17-2)9-10-13-12-7-15(10)4-3-11-9/h3-4,7-8,16H,5-6H2,1-2H3. The van der Waals surface area contributed by atoms with Crippen LogP contribution in [0.1, 0.15) is 0 Å². The molecule has 92 valence electrons. The van der Waals surface area contributed by atoms with Gasteiger partial charge in [0.25, 0.3) is 0 Å². The Labute approximate surface area is 98.7 Å². The highest BCUT2D eigenvalue weighted by molar-refractivity contribution is 5.62. The van der Waals surface area contributed by atoms with Crippen molar-refractivity contribution in [1.82, 2.24) is 19.6 Å². The molecular formula is C10H15N5O2. The van der Waals surface area contributed by atoms with Crippen molar-refractivity contribution in [3.63, 3.8) is 0 Å². The van der Waals surface area contributed by atoms with Gasteiger partial charge in [-0.15, -0.1) is 10.2 Å². The lowest BCUT2D eigenvalue weighted by Gasteiger charge is -2.21. The van der Waals surface area contributed by atoms with Crippen LogP contribution < -0.4 is 4.90 Å². The summed E-state index contributed by atoms with van der Waals surface area (Å²) in [5, 5.41) is 17.5. The molecule has 2 aromatic heterocycles. The molecule has 7 nitrogen and oxygen atoms in total. The van der Waals surface area contributed by atoms with Gasteiger partial charge < -0.3 is 14.7 Å². The summed E-state index contributed by atoms with van der Waals surface area (Å²) < 4.78 is 6.66. The van der Waals surface area contributed by atoms with Crippen LogP contribution in [-0.2, 0) is 4.74 Å². The number of ether oxygens (including phenoxy) is 1. The van der Waals surface area contributed by atoms with Gasteiger partial charge in [-0.2, -0.15) is 0 Å². The maximum absolute atomic E-state index is 9.67. The molecule has 0 aliphatic carbocycles. The van der Waals surface area contributed by atoms with Crippen LogP contribution >= 0.6 is 0 Å². The molecule has 0 fully saturated rings. The van der Waals surface area contributed by atoms with E-state index in [2.05, 4.69) is 15.2 Å². The molecule has 17 heavy (non-hydrogen) atoms. The van der Waals surface area contributed by atoms with Gasteiger partial charge in [-0.3, -0.25) is 4.40 Å². The van der Waals surface area contributed by atoms with E-state index >= 15 is 0 Å². The molecule has 1 atom stereocenters. The highest BCUT2D eigenvalue weighted by Gasteiger charge is 2.13. The van der Waals surface area contributed by atoms with E-state index in [9.17, 15) is 5.11 Å². The van der Waals surface area contributed by atoms with Gasteiger partial charge in [0.1, 0.15) is 6.33 Å². The molecule has 0 radical (unpaired) electrons. The number of rotatable bonds is 5. The lowest BCUT2D eigenvalue weighted by atomic mass is 10.3. The number of nitrogens with zero attached hydrogens (tertiary/aromatic N) is 5. The molecule has 0 bridgehead atoms. The Morgan fingerprint density at radius 2 is 2.41 bits per heavy atom. The lowest BCUT2D eigenvalue weighted by Crippen LogP contribution is -2.32. The van der Waals surface area contributed by atoms with Crippen molar-refractivity contribution in [2.45, 2.75) is 6.10 Å². The third-order valence-corrected chi connectivity index (χ3v) is 2.40. The van der Waals surface area contributed by atoms with E-state index in [4.69, 9.17) is 4.74 Å². The molecule has 2 aromatic rings. The number of fused-ring (bicyclic) bond motifs is 1. The molecule has 0 saturated heterocycles. The fourth-order valence-electron chi connectivity index (χ4n) is 1.66. The molecule has 0 aromatic carbocycles. The van der Waals surface area contributed by atoms with E-state index in [1.54, 1.807) is 30.2 Å². The third-order valence-electron chi connectivity index (χ3n) is 2.40. The Morgan fingerprint density at radius 1 is 1.59 bits per heavy atom. The second-order valence-corrected chi connectivity index (χ2v) is 3.80. The van der Waals surface area contributed by atoms with E-state index < -0.39 is 6.10 Å². The van der Waals surface area contributed by atoms with Crippen LogP contribution in [0.4, 0.5) is 5.82 Å². The number of methoxy groups -OCH3 is 1. The predicted octanol–water partition coefficient (Wildman–Crippen LogP) is -0.432.